The average molecular weight is 286 g/mol. The van der Waals surface area contributed by atoms with Crippen molar-refractivity contribution in [1.82, 2.24) is 9.80 Å². The molecule has 0 aromatic rings. The summed E-state index contributed by atoms with van der Waals surface area (Å²) < 4.78 is 0.172. The number of hydrogen-bond acceptors (Lipinski definition) is 3. The molecule has 0 atom stereocenters. The van der Waals surface area contributed by atoms with Crippen LogP contribution in [-0.2, 0) is 4.79 Å². The maximum atomic E-state index is 12.3. The molecule has 1 rings (SSSR count). The van der Waals surface area contributed by atoms with Crippen LogP contribution in [0.2, 0.25) is 0 Å². The first-order valence-electron chi connectivity index (χ1n) is 6.36. The number of amides is 2. The van der Waals surface area contributed by atoms with E-state index < -0.39 is 5.97 Å². The normalized spacial score (nSPS) is 18.5. The fourth-order valence-electron chi connectivity index (χ4n) is 1.94. The summed E-state index contributed by atoms with van der Waals surface area (Å²) in [6, 6.07) is -0.208. The Balaban J connectivity index is 2.67. The molecule has 5 nitrogen and oxygen atoms in total. The lowest BCUT2D eigenvalue weighted by Crippen LogP contribution is -2.46. The molecular formula is C13H22N2O3S. The fraction of sp³-hybridized carbons (Fsp3) is 0.692. The van der Waals surface area contributed by atoms with E-state index in [1.54, 1.807) is 11.0 Å². The molecule has 0 bridgehead atoms. The van der Waals surface area contributed by atoms with E-state index in [1.807, 2.05) is 11.8 Å². The smallest absolute Gasteiger partial charge is 0.323 e. The highest BCUT2D eigenvalue weighted by atomic mass is 32.2. The molecule has 2 amide bonds. The first-order valence-corrected chi connectivity index (χ1v) is 7.35. The molecule has 1 fully saturated rings. The lowest BCUT2D eigenvalue weighted by molar-refractivity contribution is -0.137. The van der Waals surface area contributed by atoms with Crippen LogP contribution >= 0.6 is 11.8 Å². The van der Waals surface area contributed by atoms with Gasteiger partial charge in [-0.1, -0.05) is 19.9 Å². The third kappa shape index (κ3) is 5.14. The zero-order valence-electron chi connectivity index (χ0n) is 11.6. The summed E-state index contributed by atoms with van der Waals surface area (Å²) in [6.45, 7) is 9.23. The van der Waals surface area contributed by atoms with Crippen molar-refractivity contribution in [3.63, 3.8) is 0 Å². The van der Waals surface area contributed by atoms with Crippen LogP contribution in [0.15, 0.2) is 12.7 Å². The van der Waals surface area contributed by atoms with Crippen molar-refractivity contribution in [2.75, 3.05) is 31.9 Å². The summed E-state index contributed by atoms with van der Waals surface area (Å²) in [5.41, 5.74) is 0. The Bertz CT molecular complexity index is 358. The maximum Gasteiger partial charge on any atom is 0.323 e. The third-order valence-electron chi connectivity index (χ3n) is 3.05. The molecule has 0 radical (unpaired) electrons. The molecule has 1 aliphatic rings. The first-order chi connectivity index (χ1) is 8.85. The lowest BCUT2D eigenvalue weighted by atomic mass is 10.1. The molecule has 1 heterocycles. The number of carboxylic acid groups (broad SMARTS) is 1. The predicted octanol–water partition coefficient (Wildman–Crippen LogP) is 1.90. The minimum absolute atomic E-state index is 0.172. The van der Waals surface area contributed by atoms with Crippen molar-refractivity contribution in [3.8, 4) is 0 Å². The second-order valence-electron chi connectivity index (χ2n) is 5.19. The molecule has 0 saturated carbocycles. The molecular weight excluding hydrogens is 264 g/mol. The Kier molecular flexibility index (Phi) is 5.72. The zero-order chi connectivity index (χ0) is 14.5. The predicted molar refractivity (Wildman–Crippen MR) is 77.5 cm³/mol. The van der Waals surface area contributed by atoms with Gasteiger partial charge in [0.25, 0.3) is 0 Å². The quantitative estimate of drug-likeness (QED) is 0.802. The monoisotopic (exact) mass is 286 g/mol. The molecule has 0 aliphatic carbocycles. The fourth-order valence-corrected chi connectivity index (χ4v) is 3.04. The number of thioether (sulfide) groups is 1. The summed E-state index contributed by atoms with van der Waals surface area (Å²) in [5.74, 6) is -0.118. The van der Waals surface area contributed by atoms with Gasteiger partial charge in [0.15, 0.2) is 0 Å². The molecule has 0 aromatic carbocycles. The van der Waals surface area contributed by atoms with Crippen molar-refractivity contribution in [2.45, 2.75) is 25.0 Å². The summed E-state index contributed by atoms with van der Waals surface area (Å²) in [5, 5.41) is 8.85. The summed E-state index contributed by atoms with van der Waals surface area (Å²) >= 11 is 1.85. The van der Waals surface area contributed by atoms with E-state index in [0.717, 1.165) is 12.2 Å². The molecule has 108 valence electrons. The van der Waals surface area contributed by atoms with Gasteiger partial charge in [-0.25, -0.2) is 4.79 Å². The van der Waals surface area contributed by atoms with Crippen LogP contribution < -0.4 is 0 Å². The van der Waals surface area contributed by atoms with Gasteiger partial charge < -0.3 is 14.9 Å². The van der Waals surface area contributed by atoms with E-state index in [-0.39, 0.29) is 23.9 Å². The van der Waals surface area contributed by atoms with Crippen LogP contribution in [0.3, 0.4) is 0 Å². The van der Waals surface area contributed by atoms with Gasteiger partial charge in [-0.05, 0) is 6.42 Å². The zero-order valence-corrected chi connectivity index (χ0v) is 12.4. The second kappa shape index (κ2) is 6.84. The number of aliphatic carboxylic acids is 1. The van der Waals surface area contributed by atoms with Crippen molar-refractivity contribution in [2.24, 2.45) is 0 Å². The number of carbonyl (C=O) groups is 2. The average Bonchev–Trinajstić information content (AvgIpc) is 2.48. The van der Waals surface area contributed by atoms with Crippen molar-refractivity contribution in [3.05, 3.63) is 12.7 Å². The Morgan fingerprint density at radius 3 is 2.74 bits per heavy atom. The van der Waals surface area contributed by atoms with E-state index >= 15 is 0 Å². The SMILES string of the molecule is C=CCN(CC(=O)O)C(=O)N1CCSC(C)(C)CC1. The summed E-state index contributed by atoms with van der Waals surface area (Å²) in [6.07, 6.45) is 2.47. The number of hydrogen-bond donors (Lipinski definition) is 1. The summed E-state index contributed by atoms with van der Waals surface area (Å²) in [7, 11) is 0. The molecule has 1 saturated heterocycles. The van der Waals surface area contributed by atoms with Crippen molar-refractivity contribution >= 4 is 23.8 Å². The van der Waals surface area contributed by atoms with Gasteiger partial charge in [-0.3, -0.25) is 4.79 Å². The standard InChI is InChI=1S/C13H22N2O3S/c1-4-6-15(10-11(16)17)12(18)14-7-5-13(2,3)19-9-8-14/h4H,1,5-10H2,2-3H3,(H,16,17). The molecule has 0 aromatic heterocycles. The van der Waals surface area contributed by atoms with Gasteiger partial charge in [0, 0.05) is 30.1 Å². The van der Waals surface area contributed by atoms with Crippen LogP contribution in [0.25, 0.3) is 0 Å². The highest BCUT2D eigenvalue weighted by molar-refractivity contribution is 8.00. The van der Waals surface area contributed by atoms with Crippen LogP contribution in [0.5, 0.6) is 0 Å². The van der Waals surface area contributed by atoms with Crippen LogP contribution in [0.1, 0.15) is 20.3 Å². The van der Waals surface area contributed by atoms with E-state index in [4.69, 9.17) is 5.11 Å². The first kappa shape index (κ1) is 15.9. The second-order valence-corrected chi connectivity index (χ2v) is 6.99. The Morgan fingerprint density at radius 2 is 2.16 bits per heavy atom. The van der Waals surface area contributed by atoms with Gasteiger partial charge in [0.05, 0.1) is 0 Å². The van der Waals surface area contributed by atoms with Crippen LogP contribution in [-0.4, -0.2) is 63.6 Å². The Labute approximate surface area is 118 Å². The van der Waals surface area contributed by atoms with Gasteiger partial charge in [-0.2, -0.15) is 11.8 Å². The minimum atomic E-state index is -1.00. The van der Waals surface area contributed by atoms with E-state index in [2.05, 4.69) is 20.4 Å². The van der Waals surface area contributed by atoms with Gasteiger partial charge in [-0.15, -0.1) is 6.58 Å². The van der Waals surface area contributed by atoms with Crippen LogP contribution in [0, 0.1) is 0 Å². The molecule has 1 N–H and O–H groups in total. The molecule has 19 heavy (non-hydrogen) atoms. The van der Waals surface area contributed by atoms with Gasteiger partial charge in [0.1, 0.15) is 6.54 Å². The largest absolute Gasteiger partial charge is 0.480 e. The van der Waals surface area contributed by atoms with Crippen molar-refractivity contribution < 1.29 is 14.7 Å². The minimum Gasteiger partial charge on any atom is -0.480 e. The number of nitrogens with zero attached hydrogens (tertiary/aromatic N) is 2. The number of carbonyl (C=O) groups excluding carboxylic acids is 1. The van der Waals surface area contributed by atoms with E-state index in [0.29, 0.717) is 13.1 Å². The van der Waals surface area contributed by atoms with E-state index in [9.17, 15) is 9.59 Å². The maximum absolute atomic E-state index is 12.3. The number of carboxylic acids is 1. The molecule has 0 spiro atoms. The number of rotatable bonds is 4. The van der Waals surface area contributed by atoms with Gasteiger partial charge in [0.2, 0.25) is 0 Å². The number of urea groups is 1. The van der Waals surface area contributed by atoms with Crippen molar-refractivity contribution in [1.29, 1.82) is 0 Å². The van der Waals surface area contributed by atoms with Crippen LogP contribution in [0.4, 0.5) is 4.79 Å². The highest BCUT2D eigenvalue weighted by Gasteiger charge is 2.28. The lowest BCUT2D eigenvalue weighted by Gasteiger charge is -2.28. The topological polar surface area (TPSA) is 60.9 Å². The molecule has 6 heteroatoms. The van der Waals surface area contributed by atoms with E-state index in [1.165, 1.54) is 4.90 Å². The van der Waals surface area contributed by atoms with Gasteiger partial charge >= 0.3 is 12.0 Å². The highest BCUT2D eigenvalue weighted by Crippen LogP contribution is 2.30. The Morgan fingerprint density at radius 1 is 1.47 bits per heavy atom. The summed E-state index contributed by atoms with van der Waals surface area (Å²) in [4.78, 5) is 26.2. The Hall–Kier alpha value is -1.17. The molecule has 1 aliphatic heterocycles. The molecule has 0 unspecified atom stereocenters. The third-order valence-corrected chi connectivity index (χ3v) is 4.43.